The Morgan fingerprint density at radius 2 is 2.12 bits per heavy atom. The van der Waals surface area contributed by atoms with Crippen molar-refractivity contribution in [2.75, 3.05) is 39.4 Å². The minimum atomic E-state index is -0.610. The second-order valence-electron chi connectivity index (χ2n) is 6.63. The molecule has 1 heterocycles. The number of aliphatic hydroxyl groups excluding tert-OH is 1. The van der Waals surface area contributed by atoms with Crippen LogP contribution in [0.2, 0.25) is 0 Å². The van der Waals surface area contributed by atoms with Crippen molar-refractivity contribution in [1.82, 2.24) is 15.5 Å². The summed E-state index contributed by atoms with van der Waals surface area (Å²) in [6.07, 6.45) is 0.848. The number of nitrogens with one attached hydrogen (secondary N) is 2. The topological polar surface area (TPSA) is 86.2 Å². The molecule has 0 aromatic heterocycles. The first kappa shape index (κ1) is 20.7. The molecule has 0 aromatic carbocycles. The number of hydrogen-bond donors (Lipinski definition) is 3. The van der Waals surface area contributed by atoms with Crippen molar-refractivity contribution in [1.29, 1.82) is 0 Å². The molecule has 140 valence electrons. The normalized spacial score (nSPS) is 19.7. The molecule has 1 amide bonds. The Kier molecular flexibility index (Phi) is 9.71. The Balaban J connectivity index is 2.41. The van der Waals surface area contributed by atoms with Gasteiger partial charge in [-0.3, -0.25) is 9.79 Å². The highest BCUT2D eigenvalue weighted by molar-refractivity contribution is 5.80. The number of carbonyl (C=O) groups is 1. The van der Waals surface area contributed by atoms with E-state index in [9.17, 15) is 9.90 Å². The fraction of sp³-hybridized carbons (Fsp3) is 0.882. The Morgan fingerprint density at radius 1 is 1.38 bits per heavy atom. The molecule has 1 aliphatic heterocycles. The summed E-state index contributed by atoms with van der Waals surface area (Å²) in [5.41, 5.74) is 0. The van der Waals surface area contributed by atoms with Crippen LogP contribution in [-0.2, 0) is 9.53 Å². The summed E-state index contributed by atoms with van der Waals surface area (Å²) in [4.78, 5) is 18.1. The molecule has 0 aliphatic carbocycles. The molecule has 1 rings (SSSR count). The second kappa shape index (κ2) is 11.3. The molecule has 3 N–H and O–H groups in total. The number of nitrogens with zero attached hydrogens (tertiary/aromatic N) is 2. The third kappa shape index (κ3) is 7.97. The van der Waals surface area contributed by atoms with E-state index in [1.165, 1.54) is 0 Å². The summed E-state index contributed by atoms with van der Waals surface area (Å²) in [5, 5.41) is 16.5. The van der Waals surface area contributed by atoms with E-state index in [4.69, 9.17) is 4.74 Å². The number of likely N-dealkylation sites (tertiary alicyclic amines) is 1. The number of ether oxygens (including phenoxy) is 1. The lowest BCUT2D eigenvalue weighted by Crippen LogP contribution is -2.45. The minimum absolute atomic E-state index is 0.193. The molecule has 2 unspecified atom stereocenters. The highest BCUT2D eigenvalue weighted by Gasteiger charge is 2.25. The number of aliphatic hydroxyl groups is 1. The summed E-state index contributed by atoms with van der Waals surface area (Å²) >= 11 is 0. The maximum absolute atomic E-state index is 11.7. The van der Waals surface area contributed by atoms with Crippen LogP contribution in [-0.4, -0.2) is 73.4 Å². The number of carbonyl (C=O) groups excluding carboxylic acids is 1. The Labute approximate surface area is 145 Å². The fourth-order valence-electron chi connectivity index (χ4n) is 2.53. The van der Waals surface area contributed by atoms with E-state index in [0.717, 1.165) is 19.5 Å². The molecular weight excluding hydrogens is 308 g/mol. The van der Waals surface area contributed by atoms with Gasteiger partial charge in [-0.05, 0) is 19.3 Å². The molecule has 0 aromatic rings. The van der Waals surface area contributed by atoms with Gasteiger partial charge < -0.3 is 25.4 Å². The van der Waals surface area contributed by atoms with Crippen LogP contribution in [0, 0.1) is 5.92 Å². The zero-order valence-electron chi connectivity index (χ0n) is 15.5. The van der Waals surface area contributed by atoms with Crippen LogP contribution in [0.4, 0.5) is 0 Å². The Bertz CT molecular complexity index is 401. The van der Waals surface area contributed by atoms with E-state index < -0.39 is 6.10 Å². The lowest BCUT2D eigenvalue weighted by atomic mass is 10.2. The van der Waals surface area contributed by atoms with E-state index >= 15 is 0 Å². The summed E-state index contributed by atoms with van der Waals surface area (Å²) in [5.74, 6) is 1.33. The Hall–Kier alpha value is -1.34. The van der Waals surface area contributed by atoms with E-state index in [1.54, 1.807) is 0 Å². The van der Waals surface area contributed by atoms with Gasteiger partial charge in [-0.25, -0.2) is 0 Å². The third-order valence-corrected chi connectivity index (χ3v) is 3.75. The van der Waals surface area contributed by atoms with Gasteiger partial charge in [0.1, 0.15) is 0 Å². The van der Waals surface area contributed by atoms with E-state index in [0.29, 0.717) is 38.1 Å². The molecule has 1 fully saturated rings. The monoisotopic (exact) mass is 342 g/mol. The van der Waals surface area contributed by atoms with Crippen LogP contribution in [0.3, 0.4) is 0 Å². The lowest BCUT2D eigenvalue weighted by molar-refractivity contribution is -0.129. The number of rotatable bonds is 9. The predicted molar refractivity (Wildman–Crippen MR) is 96.1 cm³/mol. The van der Waals surface area contributed by atoms with Crippen molar-refractivity contribution in [3.05, 3.63) is 0 Å². The number of hydrogen-bond acceptors (Lipinski definition) is 4. The van der Waals surface area contributed by atoms with Gasteiger partial charge in [0.25, 0.3) is 0 Å². The van der Waals surface area contributed by atoms with Gasteiger partial charge in [-0.2, -0.15) is 0 Å². The largest absolute Gasteiger partial charge is 0.389 e. The molecule has 24 heavy (non-hydrogen) atoms. The van der Waals surface area contributed by atoms with Gasteiger partial charge in [0.05, 0.1) is 19.3 Å². The van der Waals surface area contributed by atoms with Crippen molar-refractivity contribution >= 4 is 11.9 Å². The van der Waals surface area contributed by atoms with Crippen LogP contribution < -0.4 is 10.6 Å². The van der Waals surface area contributed by atoms with Crippen LogP contribution in [0.1, 0.15) is 40.5 Å². The van der Waals surface area contributed by atoms with E-state index in [-0.39, 0.29) is 18.5 Å². The molecule has 7 heteroatoms. The minimum Gasteiger partial charge on any atom is -0.389 e. The second-order valence-corrected chi connectivity index (χ2v) is 6.63. The molecule has 1 saturated heterocycles. The zero-order chi connectivity index (χ0) is 17.9. The maximum Gasteiger partial charge on any atom is 0.222 e. The van der Waals surface area contributed by atoms with E-state index in [1.807, 2.05) is 18.7 Å². The molecule has 2 atom stereocenters. The van der Waals surface area contributed by atoms with Crippen molar-refractivity contribution in [2.45, 2.75) is 52.7 Å². The summed E-state index contributed by atoms with van der Waals surface area (Å²) in [6, 6.07) is 0.202. The van der Waals surface area contributed by atoms with Gasteiger partial charge in [0.2, 0.25) is 5.91 Å². The smallest absolute Gasteiger partial charge is 0.222 e. The molecular formula is C17H34N4O3. The highest BCUT2D eigenvalue weighted by Crippen LogP contribution is 2.10. The van der Waals surface area contributed by atoms with Gasteiger partial charge in [0, 0.05) is 38.7 Å². The summed E-state index contributed by atoms with van der Waals surface area (Å²) in [7, 11) is 0. The molecule has 0 bridgehead atoms. The predicted octanol–water partition coefficient (Wildman–Crippen LogP) is 0.586. The zero-order valence-corrected chi connectivity index (χ0v) is 15.5. The molecule has 0 radical (unpaired) electrons. The number of amides is 1. The van der Waals surface area contributed by atoms with Gasteiger partial charge in [-0.15, -0.1) is 0 Å². The van der Waals surface area contributed by atoms with Crippen molar-refractivity contribution in [3.8, 4) is 0 Å². The van der Waals surface area contributed by atoms with Crippen molar-refractivity contribution in [3.63, 3.8) is 0 Å². The number of aliphatic imine (C=N–C) groups is 1. The number of guanidine groups is 1. The van der Waals surface area contributed by atoms with Gasteiger partial charge in [0.15, 0.2) is 5.96 Å². The third-order valence-electron chi connectivity index (χ3n) is 3.75. The first-order valence-electron chi connectivity index (χ1n) is 9.04. The standard InChI is InChI=1S/C17H34N4O3/c1-5-16(23)21-8-7-14(10-21)20-17(18-6-2)19-9-15(22)12-24-11-13(3)4/h13-15,22H,5-12H2,1-4H3,(H2,18,19,20). The van der Waals surface area contributed by atoms with Crippen LogP contribution in [0.25, 0.3) is 0 Å². The van der Waals surface area contributed by atoms with Crippen molar-refractivity contribution in [2.24, 2.45) is 10.9 Å². The van der Waals surface area contributed by atoms with E-state index in [2.05, 4.69) is 29.5 Å². The molecule has 0 spiro atoms. The summed E-state index contributed by atoms with van der Waals surface area (Å²) < 4.78 is 5.43. The highest BCUT2D eigenvalue weighted by atomic mass is 16.5. The maximum atomic E-state index is 11.7. The first-order valence-corrected chi connectivity index (χ1v) is 9.04. The first-order chi connectivity index (χ1) is 11.5. The summed E-state index contributed by atoms with van der Waals surface area (Å²) in [6.45, 7) is 11.5. The molecule has 0 saturated carbocycles. The van der Waals surface area contributed by atoms with Gasteiger partial charge >= 0.3 is 0 Å². The average Bonchev–Trinajstić information content (AvgIpc) is 3.00. The van der Waals surface area contributed by atoms with Gasteiger partial charge in [-0.1, -0.05) is 20.8 Å². The Morgan fingerprint density at radius 3 is 2.75 bits per heavy atom. The molecule has 7 nitrogen and oxygen atoms in total. The van der Waals surface area contributed by atoms with Crippen molar-refractivity contribution < 1.29 is 14.6 Å². The van der Waals surface area contributed by atoms with Crippen LogP contribution >= 0.6 is 0 Å². The van der Waals surface area contributed by atoms with Crippen LogP contribution in [0.15, 0.2) is 4.99 Å². The average molecular weight is 342 g/mol. The quantitative estimate of drug-likeness (QED) is 0.422. The molecule has 1 aliphatic rings. The fourth-order valence-corrected chi connectivity index (χ4v) is 2.53. The van der Waals surface area contributed by atoms with Crippen LogP contribution in [0.5, 0.6) is 0 Å². The SMILES string of the molecule is CCNC(=NCC(O)COCC(C)C)NC1CCN(C(=O)CC)C1. The lowest BCUT2D eigenvalue weighted by Gasteiger charge is -2.19.